The minimum atomic E-state index is -0.932. The van der Waals surface area contributed by atoms with Crippen molar-refractivity contribution < 1.29 is 19.4 Å². The van der Waals surface area contributed by atoms with Crippen LogP contribution in [0.5, 0.6) is 5.75 Å². The van der Waals surface area contributed by atoms with Crippen molar-refractivity contribution in [1.29, 1.82) is 0 Å². The van der Waals surface area contributed by atoms with Gasteiger partial charge in [-0.3, -0.25) is 9.59 Å². The Morgan fingerprint density at radius 3 is 2.23 bits per heavy atom. The molecule has 0 aliphatic rings. The highest BCUT2D eigenvalue weighted by atomic mass is 35.5. The Kier molecular flexibility index (Phi) is 9.32. The monoisotopic (exact) mass is 493 g/mol. The topological polar surface area (TPSA) is 75.6 Å². The van der Waals surface area contributed by atoms with Crippen LogP contribution in [-0.2, 0) is 11.2 Å². The van der Waals surface area contributed by atoms with Gasteiger partial charge in [0.1, 0.15) is 5.75 Å². The van der Waals surface area contributed by atoms with Gasteiger partial charge in [-0.2, -0.15) is 0 Å². The highest BCUT2D eigenvalue weighted by Crippen LogP contribution is 2.32. The fourth-order valence-electron chi connectivity index (χ4n) is 4.02. The van der Waals surface area contributed by atoms with E-state index in [1.54, 1.807) is 12.1 Å². The molecular formula is C29H32ClNO4. The molecule has 3 aromatic rings. The molecule has 0 heterocycles. The van der Waals surface area contributed by atoms with Crippen LogP contribution >= 0.6 is 11.6 Å². The maximum absolute atomic E-state index is 12.1. The molecule has 0 aromatic heterocycles. The number of hydrogen-bond acceptors (Lipinski definition) is 3. The Balaban J connectivity index is 1.49. The number of rotatable bonds is 11. The van der Waals surface area contributed by atoms with Gasteiger partial charge in [0.15, 0.2) is 0 Å². The normalized spacial score (nSPS) is 11.7. The number of carboxylic acid groups (broad SMARTS) is 1. The predicted molar refractivity (Wildman–Crippen MR) is 140 cm³/mol. The Morgan fingerprint density at radius 1 is 1.00 bits per heavy atom. The Labute approximate surface area is 212 Å². The quantitative estimate of drug-likeness (QED) is 0.320. The lowest BCUT2D eigenvalue weighted by Crippen LogP contribution is -2.25. The van der Waals surface area contributed by atoms with Crippen LogP contribution in [0.1, 0.15) is 46.8 Å². The van der Waals surface area contributed by atoms with Crippen LogP contribution in [0.3, 0.4) is 0 Å². The molecule has 1 amide bonds. The van der Waals surface area contributed by atoms with Crippen LogP contribution in [-0.4, -0.2) is 30.1 Å². The summed E-state index contributed by atoms with van der Waals surface area (Å²) in [7, 11) is 0. The number of halogens is 1. The number of amides is 1. The van der Waals surface area contributed by atoms with E-state index in [1.807, 2.05) is 36.4 Å². The van der Waals surface area contributed by atoms with E-state index in [1.165, 1.54) is 16.7 Å². The van der Waals surface area contributed by atoms with E-state index in [-0.39, 0.29) is 18.9 Å². The van der Waals surface area contributed by atoms with Gasteiger partial charge in [-0.15, -0.1) is 0 Å². The molecule has 6 heteroatoms. The zero-order chi connectivity index (χ0) is 25.4. The highest BCUT2D eigenvalue weighted by Gasteiger charge is 2.11. The third kappa shape index (κ3) is 7.86. The molecule has 2 N–H and O–H groups in total. The highest BCUT2D eigenvalue weighted by molar-refractivity contribution is 6.30. The molecule has 0 aliphatic heterocycles. The molecule has 0 bridgehead atoms. The molecule has 0 saturated heterocycles. The number of aliphatic carboxylic acids is 1. The minimum Gasteiger partial charge on any atom is -0.493 e. The van der Waals surface area contributed by atoms with Crippen molar-refractivity contribution in [2.75, 3.05) is 13.2 Å². The van der Waals surface area contributed by atoms with E-state index < -0.39 is 5.97 Å². The summed E-state index contributed by atoms with van der Waals surface area (Å²) in [6, 6.07) is 19.5. The molecule has 3 rings (SSSR count). The molecule has 184 valence electrons. The number of ether oxygens (including phenoxy) is 1. The van der Waals surface area contributed by atoms with Gasteiger partial charge < -0.3 is 15.2 Å². The Hall–Kier alpha value is -3.31. The van der Waals surface area contributed by atoms with Crippen LogP contribution in [0.25, 0.3) is 11.1 Å². The van der Waals surface area contributed by atoms with Gasteiger partial charge >= 0.3 is 5.97 Å². The second-order valence-corrected chi connectivity index (χ2v) is 9.43. The molecule has 35 heavy (non-hydrogen) atoms. The summed E-state index contributed by atoms with van der Waals surface area (Å²) in [5, 5.41) is 12.0. The van der Waals surface area contributed by atoms with Gasteiger partial charge in [0.05, 0.1) is 13.0 Å². The first-order valence-electron chi connectivity index (χ1n) is 11.8. The van der Waals surface area contributed by atoms with Gasteiger partial charge in [-0.25, -0.2) is 0 Å². The summed E-state index contributed by atoms with van der Waals surface area (Å²) < 4.78 is 6.12. The predicted octanol–water partition coefficient (Wildman–Crippen LogP) is 6.48. The first kappa shape index (κ1) is 26.3. The lowest BCUT2D eigenvalue weighted by Gasteiger charge is -2.17. The second kappa shape index (κ2) is 12.4. The van der Waals surface area contributed by atoms with Gasteiger partial charge in [0, 0.05) is 17.1 Å². The first-order chi connectivity index (χ1) is 16.7. The van der Waals surface area contributed by atoms with Gasteiger partial charge in [0.2, 0.25) is 0 Å². The molecule has 1 unspecified atom stereocenters. The first-order valence-corrected chi connectivity index (χ1v) is 12.2. The summed E-state index contributed by atoms with van der Waals surface area (Å²) in [6.45, 7) is 7.12. The van der Waals surface area contributed by atoms with Crippen LogP contribution in [0, 0.1) is 19.8 Å². The molecule has 0 spiro atoms. The molecule has 0 fully saturated rings. The van der Waals surface area contributed by atoms with E-state index in [0.717, 1.165) is 34.7 Å². The number of carbonyl (C=O) groups excluding carboxylic acids is 1. The summed E-state index contributed by atoms with van der Waals surface area (Å²) in [6.07, 6.45) is 1.76. The van der Waals surface area contributed by atoms with Crippen LogP contribution < -0.4 is 10.1 Å². The summed E-state index contributed by atoms with van der Waals surface area (Å²) in [5.74, 6) is 0.0552. The third-order valence-corrected chi connectivity index (χ3v) is 6.19. The molecule has 5 nitrogen and oxygen atoms in total. The lowest BCUT2D eigenvalue weighted by molar-refractivity contribution is -0.136. The smallest absolute Gasteiger partial charge is 0.305 e. The number of benzene rings is 3. The Morgan fingerprint density at radius 2 is 1.63 bits per heavy atom. The lowest BCUT2D eigenvalue weighted by atomic mass is 9.95. The van der Waals surface area contributed by atoms with Crippen molar-refractivity contribution in [1.82, 2.24) is 5.32 Å². The van der Waals surface area contributed by atoms with Crippen LogP contribution in [0.2, 0.25) is 5.02 Å². The van der Waals surface area contributed by atoms with Crippen molar-refractivity contribution in [3.8, 4) is 16.9 Å². The molecule has 3 aromatic carbocycles. The van der Waals surface area contributed by atoms with Crippen LogP contribution in [0.15, 0.2) is 60.7 Å². The van der Waals surface area contributed by atoms with Gasteiger partial charge in [-0.1, -0.05) is 42.8 Å². The number of carbonyl (C=O) groups is 2. The number of hydrogen-bond donors (Lipinski definition) is 2. The van der Waals surface area contributed by atoms with E-state index >= 15 is 0 Å². The van der Waals surface area contributed by atoms with Gasteiger partial charge in [-0.05, 0) is 96.8 Å². The number of nitrogens with one attached hydrogen (secondary N) is 1. The van der Waals surface area contributed by atoms with E-state index in [0.29, 0.717) is 18.1 Å². The molecule has 0 saturated carbocycles. The summed E-state index contributed by atoms with van der Waals surface area (Å²) in [5.41, 5.74) is 6.37. The second-order valence-electron chi connectivity index (χ2n) is 8.99. The van der Waals surface area contributed by atoms with Crippen molar-refractivity contribution in [2.45, 2.75) is 40.0 Å². The Bertz CT molecular complexity index is 1130. The molecular weight excluding hydrogens is 462 g/mol. The minimum absolute atomic E-state index is 0.0879. The largest absolute Gasteiger partial charge is 0.493 e. The number of aryl methyl sites for hydroxylation is 3. The average Bonchev–Trinajstić information content (AvgIpc) is 2.82. The fraction of sp³-hybridized carbons (Fsp3) is 0.310. The average molecular weight is 494 g/mol. The maximum Gasteiger partial charge on any atom is 0.305 e. The SMILES string of the molecule is Cc1cc(OCC(C)CCc2ccc(C(=O)NCCC(=O)O)cc2)cc(C)c1-c1ccc(Cl)cc1. The standard InChI is InChI=1S/C29H32ClNO4/c1-19(4-5-22-6-8-24(9-7-22)29(34)31-15-14-27(32)33)18-35-26-16-20(2)28(21(3)17-26)23-10-12-25(30)13-11-23/h6-13,16-17,19H,4-5,14-15,18H2,1-3H3,(H,31,34)(H,32,33). The van der Waals surface area contributed by atoms with Crippen molar-refractivity contribution in [3.05, 3.63) is 87.9 Å². The van der Waals surface area contributed by atoms with Crippen LogP contribution in [0.4, 0.5) is 0 Å². The van der Waals surface area contributed by atoms with E-state index in [2.05, 4.69) is 38.2 Å². The maximum atomic E-state index is 12.1. The van der Waals surface area contributed by atoms with E-state index in [4.69, 9.17) is 21.4 Å². The fourth-order valence-corrected chi connectivity index (χ4v) is 4.15. The third-order valence-electron chi connectivity index (χ3n) is 5.94. The zero-order valence-electron chi connectivity index (χ0n) is 20.4. The summed E-state index contributed by atoms with van der Waals surface area (Å²) >= 11 is 6.03. The molecule has 0 aliphatic carbocycles. The molecule has 0 radical (unpaired) electrons. The summed E-state index contributed by atoms with van der Waals surface area (Å²) in [4.78, 5) is 22.6. The van der Waals surface area contributed by atoms with Crippen molar-refractivity contribution in [3.63, 3.8) is 0 Å². The van der Waals surface area contributed by atoms with Gasteiger partial charge in [0.25, 0.3) is 5.91 Å². The zero-order valence-corrected chi connectivity index (χ0v) is 21.2. The molecule has 1 atom stereocenters. The van der Waals surface area contributed by atoms with E-state index in [9.17, 15) is 9.59 Å². The van der Waals surface area contributed by atoms with Crippen molar-refractivity contribution in [2.24, 2.45) is 5.92 Å². The number of carboxylic acids is 1. The van der Waals surface area contributed by atoms with Crippen molar-refractivity contribution >= 4 is 23.5 Å².